The van der Waals surface area contributed by atoms with E-state index in [1.807, 2.05) is 41.5 Å². The quantitative estimate of drug-likeness (QED) is 0.227. The van der Waals surface area contributed by atoms with Crippen molar-refractivity contribution in [2.75, 3.05) is 0 Å². The molecule has 0 spiro atoms. The fourth-order valence-electron chi connectivity index (χ4n) is 22.6. The predicted molar refractivity (Wildman–Crippen MR) is 317 cm³/mol. The lowest BCUT2D eigenvalue weighted by atomic mass is 9.51. The predicted octanol–water partition coefficient (Wildman–Crippen LogP) is 22.3. The van der Waals surface area contributed by atoms with Crippen LogP contribution in [-0.4, -0.2) is 0 Å². The Balaban J connectivity index is 0.000000267. The van der Waals surface area contributed by atoms with E-state index in [0.717, 1.165) is 112 Å². The van der Waals surface area contributed by atoms with Crippen molar-refractivity contribution >= 4 is 0 Å². The Kier molecular flexibility index (Phi) is 17.6. The van der Waals surface area contributed by atoms with Crippen LogP contribution in [0.2, 0.25) is 0 Å². The molecule has 0 aromatic heterocycles. The van der Waals surface area contributed by atoms with Crippen molar-refractivity contribution in [3.8, 4) is 0 Å². The van der Waals surface area contributed by atoms with Crippen LogP contribution in [0.15, 0.2) is 0 Å². The number of hydrogen-bond donors (Lipinski definition) is 0. The third-order valence-electron chi connectivity index (χ3n) is 31.1. The van der Waals surface area contributed by atoms with Crippen LogP contribution in [0.25, 0.3) is 0 Å². The minimum Gasteiger partial charge on any atom is -0.0683 e. The van der Waals surface area contributed by atoms with Crippen molar-refractivity contribution in [2.24, 2.45) is 177 Å². The summed E-state index contributed by atoms with van der Waals surface area (Å²) in [5.41, 5.74) is 4.96. The van der Waals surface area contributed by atoms with Gasteiger partial charge in [0.25, 0.3) is 0 Å². The van der Waals surface area contributed by atoms with Crippen LogP contribution in [0.3, 0.4) is 0 Å². The summed E-state index contributed by atoms with van der Waals surface area (Å²) in [6.45, 7) is 96.6. The maximum Gasteiger partial charge on any atom is -0.0246 e. The Morgan fingerprint density at radius 1 is 0.157 bits per heavy atom. The zero-order valence-electron chi connectivity index (χ0n) is 56.0. The summed E-state index contributed by atoms with van der Waals surface area (Å²) >= 11 is 0. The Bertz CT molecular complexity index is 1680. The summed E-state index contributed by atoms with van der Waals surface area (Å²) in [7, 11) is 0. The molecule has 0 N–H and O–H groups in total. The van der Waals surface area contributed by atoms with E-state index in [0.29, 0.717) is 65.0 Å². The molecule has 0 amide bonds. The van der Waals surface area contributed by atoms with E-state index < -0.39 is 0 Å². The highest BCUT2D eigenvalue weighted by atomic mass is 14.8. The third-order valence-corrected chi connectivity index (χ3v) is 31.1. The molecule has 0 heterocycles. The van der Waals surface area contributed by atoms with E-state index in [1.165, 1.54) is 0 Å². The minimum atomic E-state index is 0.377. The van der Waals surface area contributed by atoms with Crippen LogP contribution >= 0.6 is 0 Å². The molecule has 17 atom stereocenters. The van der Waals surface area contributed by atoms with E-state index in [9.17, 15) is 0 Å². The fourth-order valence-corrected chi connectivity index (χ4v) is 22.6. The van der Waals surface area contributed by atoms with Gasteiger partial charge in [0.1, 0.15) is 0 Å². The molecule has 8 aliphatic rings. The lowest BCUT2D eigenvalue weighted by molar-refractivity contribution is -0.0576. The van der Waals surface area contributed by atoms with Crippen molar-refractivity contribution in [1.82, 2.24) is 0 Å². The van der Waals surface area contributed by atoms with Gasteiger partial charge in [0.15, 0.2) is 0 Å². The lowest BCUT2D eigenvalue weighted by Crippen LogP contribution is -2.48. The zero-order chi connectivity index (χ0) is 56.0. The van der Waals surface area contributed by atoms with Gasteiger partial charge in [-0.25, -0.2) is 0 Å². The second-order valence-corrected chi connectivity index (χ2v) is 33.4. The van der Waals surface area contributed by atoms with Crippen LogP contribution < -0.4 is 0 Å². The topological polar surface area (TPSA) is 0 Å². The highest BCUT2D eigenvalue weighted by Gasteiger charge is 2.79. The summed E-state index contributed by atoms with van der Waals surface area (Å²) in [6, 6.07) is 0. The van der Waals surface area contributed by atoms with Crippen molar-refractivity contribution in [2.45, 2.75) is 270 Å². The largest absolute Gasteiger partial charge is 0.0683 e. The number of fused-ring (bicyclic) bond motifs is 7. The average Bonchev–Trinajstić information content (AvgIpc) is 3.95. The summed E-state index contributed by atoms with van der Waals surface area (Å²) in [6.07, 6.45) is 0. The van der Waals surface area contributed by atoms with Crippen LogP contribution in [0.4, 0.5) is 0 Å². The SMILES string of the molecule is CC.CC.CC.CC1C(C)C(C)C2C(C1C)C(C)C1C2C(C)(C)C(C)(C)C1(C)C.CC1C(C)C2C(C1C)C(C)(C)C(C)(C)C2(C)C.CC1C2C(C3C1C(C)(C)C(C)(C)C3(C)C)C(C)(C)C(C)(C)C2(C)C. The first-order chi connectivity index (χ1) is 31.2. The van der Waals surface area contributed by atoms with E-state index in [-0.39, 0.29) is 0 Å². The summed E-state index contributed by atoms with van der Waals surface area (Å²) in [5.74, 6) is 16.8. The van der Waals surface area contributed by atoms with Gasteiger partial charge in [-0.1, -0.05) is 270 Å². The summed E-state index contributed by atoms with van der Waals surface area (Å²) in [5, 5.41) is 0. The van der Waals surface area contributed by atoms with Crippen molar-refractivity contribution in [3.63, 3.8) is 0 Å². The van der Waals surface area contributed by atoms with E-state index in [1.54, 1.807) is 0 Å². The fraction of sp³-hybridized carbons (Fsp3) is 1.00. The molecule has 0 heteroatoms. The molecular formula is C70H136. The Hall–Kier alpha value is 0. The average molecular weight is 978 g/mol. The Morgan fingerprint density at radius 2 is 0.329 bits per heavy atom. The van der Waals surface area contributed by atoms with Gasteiger partial charge < -0.3 is 0 Å². The molecular weight excluding hydrogens is 841 g/mol. The normalized spacial score (nSPS) is 47.4. The zero-order valence-corrected chi connectivity index (χ0v) is 56.0. The molecule has 0 bridgehead atoms. The molecule has 70 heavy (non-hydrogen) atoms. The van der Waals surface area contributed by atoms with Crippen molar-refractivity contribution in [1.29, 1.82) is 0 Å². The monoisotopic (exact) mass is 977 g/mol. The van der Waals surface area contributed by atoms with Gasteiger partial charge in [0.2, 0.25) is 0 Å². The van der Waals surface area contributed by atoms with Gasteiger partial charge in [-0.05, 0) is 177 Å². The molecule has 416 valence electrons. The molecule has 0 aliphatic heterocycles. The van der Waals surface area contributed by atoms with Gasteiger partial charge in [-0.2, -0.15) is 0 Å². The molecule has 8 rings (SSSR count). The lowest BCUT2D eigenvalue weighted by Gasteiger charge is -2.54. The first-order valence-corrected chi connectivity index (χ1v) is 31.2. The molecule has 8 fully saturated rings. The molecule has 0 nitrogen and oxygen atoms in total. The van der Waals surface area contributed by atoms with Gasteiger partial charge >= 0.3 is 0 Å². The summed E-state index contributed by atoms with van der Waals surface area (Å²) < 4.78 is 0. The molecule has 0 aromatic carbocycles. The van der Waals surface area contributed by atoms with Crippen LogP contribution in [0.1, 0.15) is 270 Å². The smallest absolute Gasteiger partial charge is 0.0246 e. The third kappa shape index (κ3) is 7.63. The molecule has 0 aromatic rings. The Labute approximate surface area is 445 Å². The molecule has 0 saturated heterocycles. The Morgan fingerprint density at radius 3 is 0.586 bits per heavy atom. The number of rotatable bonds is 0. The maximum atomic E-state index is 2.62. The number of hydrogen-bond acceptors (Lipinski definition) is 0. The van der Waals surface area contributed by atoms with Gasteiger partial charge in [0.05, 0.1) is 0 Å². The molecule has 17 unspecified atom stereocenters. The molecule has 0 radical (unpaired) electrons. The van der Waals surface area contributed by atoms with Gasteiger partial charge in [0, 0.05) is 0 Å². The first kappa shape index (κ1) is 64.3. The molecule has 8 aliphatic carbocycles. The maximum absolute atomic E-state index is 2.62. The molecule has 8 saturated carbocycles. The minimum absolute atomic E-state index is 0.377. The van der Waals surface area contributed by atoms with Crippen LogP contribution in [0.5, 0.6) is 0 Å². The highest BCUT2D eigenvalue weighted by Crippen LogP contribution is 2.84. The first-order valence-electron chi connectivity index (χ1n) is 31.2. The van der Waals surface area contributed by atoms with Gasteiger partial charge in [-0.3, -0.25) is 0 Å². The second kappa shape index (κ2) is 19.2. The van der Waals surface area contributed by atoms with E-state index >= 15 is 0 Å². The van der Waals surface area contributed by atoms with Crippen LogP contribution in [0, 0.1) is 177 Å². The van der Waals surface area contributed by atoms with E-state index in [4.69, 9.17) is 0 Å². The highest BCUT2D eigenvalue weighted by molar-refractivity contribution is 5.27. The van der Waals surface area contributed by atoms with Crippen molar-refractivity contribution in [3.05, 3.63) is 0 Å². The van der Waals surface area contributed by atoms with E-state index in [2.05, 4.69) is 228 Å². The second-order valence-electron chi connectivity index (χ2n) is 33.4. The van der Waals surface area contributed by atoms with Crippen molar-refractivity contribution < 1.29 is 0 Å². The van der Waals surface area contributed by atoms with Crippen LogP contribution in [-0.2, 0) is 0 Å². The standard InChI is InChI=1S/C24H44.C23H42.C17H32.3C2H6/c1-14-15-17(21(6,7)23(10,11)19(15,2)3)18-16(14)20(4,5)24(12,13)22(18,8)9;1-12-13(2)15(4)18-17(14(12)3)16(5)19-20(18)22(8,9)23(10,11)21(19,6)7;1-10-11(2)13-14(12(10)3)16(6,7)17(8,9)15(13,4)5;3*1-2/h14-18H,1-13H3;12-20H,1-11H3;10-14H,1-9H3;3*1-2H3. The summed E-state index contributed by atoms with van der Waals surface area (Å²) in [4.78, 5) is 0. The van der Waals surface area contributed by atoms with Gasteiger partial charge in [-0.15, -0.1) is 0 Å².